The number of nitrogens with one attached hydrogen (secondary N) is 1. The minimum Gasteiger partial charge on any atom is -0.388 e. The van der Waals surface area contributed by atoms with Crippen LogP contribution < -0.4 is 10.2 Å². The van der Waals surface area contributed by atoms with Crippen molar-refractivity contribution in [2.24, 2.45) is 7.05 Å². The van der Waals surface area contributed by atoms with Crippen molar-refractivity contribution < 1.29 is 24.9 Å². The minimum atomic E-state index is -1.36. The monoisotopic (exact) mass is 544 g/mol. The van der Waals surface area contributed by atoms with Crippen LogP contribution in [-0.4, -0.2) is 76.5 Å². The number of anilines is 1. The number of carbonyl (C=O) groups is 1. The van der Waals surface area contributed by atoms with Gasteiger partial charge in [-0.25, -0.2) is 0 Å². The molecular weight excluding hydrogens is 508 g/mol. The summed E-state index contributed by atoms with van der Waals surface area (Å²) in [6, 6.07) is 18.9. The van der Waals surface area contributed by atoms with Crippen LogP contribution in [0.5, 0.6) is 0 Å². The zero-order valence-electron chi connectivity index (χ0n) is 22.9. The summed E-state index contributed by atoms with van der Waals surface area (Å²) < 4.78 is 7.31. The van der Waals surface area contributed by atoms with Crippen LogP contribution in [0.15, 0.2) is 54.1 Å². The maximum atomic E-state index is 12.9. The number of allylic oxidation sites excluding steroid dienone is 1. The molecule has 2 saturated heterocycles. The molecule has 1 aromatic heterocycles. The van der Waals surface area contributed by atoms with Crippen LogP contribution in [0.25, 0.3) is 27.6 Å². The van der Waals surface area contributed by atoms with Gasteiger partial charge in [0.2, 0.25) is 0 Å². The summed E-state index contributed by atoms with van der Waals surface area (Å²) in [5.74, 6) is -0.602. The van der Waals surface area contributed by atoms with E-state index in [9.17, 15) is 25.4 Å². The lowest BCUT2D eigenvalue weighted by Crippen LogP contribution is -2.56. The number of amides is 1. The third-order valence-electron chi connectivity index (χ3n) is 8.13. The summed E-state index contributed by atoms with van der Waals surface area (Å²) in [5, 5.41) is 44.4. The Morgan fingerprint density at radius 1 is 1.02 bits per heavy atom. The molecule has 2 aliphatic rings. The number of nitrogens with zero attached hydrogens (tertiary/aromatic N) is 3. The number of nitriles is 1. The number of piperidine rings is 1. The average molecular weight is 545 g/mol. The Labute approximate surface area is 233 Å². The van der Waals surface area contributed by atoms with Crippen LogP contribution in [0.4, 0.5) is 5.69 Å². The summed E-state index contributed by atoms with van der Waals surface area (Å²) in [6.07, 6.45) is -1.02. The van der Waals surface area contributed by atoms with Crippen molar-refractivity contribution in [1.82, 2.24) is 9.88 Å². The van der Waals surface area contributed by atoms with Crippen molar-refractivity contribution in [3.05, 3.63) is 59.8 Å². The molecule has 2 aliphatic heterocycles. The Kier molecular flexibility index (Phi) is 8.24. The first kappa shape index (κ1) is 27.9. The Bertz CT molecular complexity index is 1470. The van der Waals surface area contributed by atoms with Gasteiger partial charge in [-0.1, -0.05) is 18.2 Å². The molecule has 1 amide bonds. The molecular formula is C31H36N4O5. The number of benzene rings is 2. The summed E-state index contributed by atoms with van der Waals surface area (Å²) in [4.78, 5) is 15.4. The Morgan fingerprint density at radius 2 is 1.75 bits per heavy atom. The second kappa shape index (κ2) is 11.8. The first-order valence-corrected chi connectivity index (χ1v) is 13.8. The van der Waals surface area contributed by atoms with Gasteiger partial charge >= 0.3 is 0 Å². The van der Waals surface area contributed by atoms with Crippen LogP contribution in [0.2, 0.25) is 0 Å². The fraction of sp³-hybridized carbons (Fsp3) is 0.419. The molecule has 2 aromatic carbocycles. The van der Waals surface area contributed by atoms with Crippen molar-refractivity contribution in [2.75, 3.05) is 31.1 Å². The standard InChI is InChI=1S/C31H36N4O5/c1-19(24(16-32)31(39)33-17-28-30(38)29(37)27(36)18-40-28)25-10-11-26(34(25)2)22-7-6-21-15-23(9-8-20(21)14-22)35-12-4-3-5-13-35/h6-11,14-15,27-30,36-38H,3-5,12-13,17-18H2,1-2H3,(H,33,39). The van der Waals surface area contributed by atoms with E-state index in [1.807, 2.05) is 29.8 Å². The third-order valence-corrected chi connectivity index (χ3v) is 8.13. The molecule has 0 aliphatic carbocycles. The van der Waals surface area contributed by atoms with E-state index in [0.29, 0.717) is 5.57 Å². The molecule has 0 spiro atoms. The number of ether oxygens (including phenoxy) is 1. The number of fused-ring (bicyclic) bond motifs is 1. The van der Waals surface area contributed by atoms with Crippen molar-refractivity contribution in [3.8, 4) is 17.3 Å². The number of rotatable bonds is 6. The summed E-state index contributed by atoms with van der Waals surface area (Å²) in [5.41, 5.74) is 4.45. The molecule has 9 heteroatoms. The topological polar surface area (TPSA) is 131 Å². The maximum Gasteiger partial charge on any atom is 0.262 e. The summed E-state index contributed by atoms with van der Waals surface area (Å²) in [6.45, 7) is 3.67. The van der Waals surface area contributed by atoms with Crippen molar-refractivity contribution in [3.63, 3.8) is 0 Å². The van der Waals surface area contributed by atoms with Crippen LogP contribution in [0.1, 0.15) is 31.9 Å². The van der Waals surface area contributed by atoms with Gasteiger partial charge in [0.15, 0.2) is 0 Å². The van der Waals surface area contributed by atoms with Gasteiger partial charge in [-0.05, 0) is 78.4 Å². The van der Waals surface area contributed by atoms with Crippen molar-refractivity contribution in [1.29, 1.82) is 5.26 Å². The van der Waals surface area contributed by atoms with E-state index in [1.54, 1.807) is 6.92 Å². The molecule has 5 rings (SSSR count). The number of aromatic nitrogens is 1. The van der Waals surface area contributed by atoms with Crippen LogP contribution >= 0.6 is 0 Å². The SMILES string of the molecule is CC(=C(C#N)C(=O)NCC1OCC(O)C(O)C1O)c1ccc(-c2ccc3cc(N4CCCCC4)ccc3c2)n1C. The summed E-state index contributed by atoms with van der Waals surface area (Å²) in [7, 11) is 1.91. The van der Waals surface area contributed by atoms with Gasteiger partial charge in [0, 0.05) is 43.8 Å². The molecule has 40 heavy (non-hydrogen) atoms. The Hall–Kier alpha value is -3.68. The lowest BCUT2D eigenvalue weighted by molar-refractivity contribution is -0.185. The zero-order valence-corrected chi connectivity index (χ0v) is 22.9. The van der Waals surface area contributed by atoms with Gasteiger partial charge in [0.25, 0.3) is 5.91 Å². The van der Waals surface area contributed by atoms with E-state index >= 15 is 0 Å². The smallest absolute Gasteiger partial charge is 0.262 e. The molecule has 4 atom stereocenters. The minimum absolute atomic E-state index is 0.0533. The highest BCUT2D eigenvalue weighted by Crippen LogP contribution is 2.31. The molecule has 3 aromatic rings. The molecule has 4 unspecified atom stereocenters. The normalized spacial score (nSPS) is 23.9. The molecule has 0 radical (unpaired) electrons. The third kappa shape index (κ3) is 5.49. The van der Waals surface area contributed by atoms with Crippen molar-refractivity contribution in [2.45, 2.75) is 50.6 Å². The summed E-state index contributed by atoms with van der Waals surface area (Å²) >= 11 is 0. The largest absolute Gasteiger partial charge is 0.388 e. The van der Waals surface area contributed by atoms with Gasteiger partial charge < -0.3 is 34.8 Å². The molecule has 3 heterocycles. The van der Waals surface area contributed by atoms with Gasteiger partial charge in [-0.3, -0.25) is 4.79 Å². The number of aliphatic hydroxyl groups is 3. The molecule has 4 N–H and O–H groups in total. The van der Waals surface area contributed by atoms with E-state index in [0.717, 1.165) is 35.4 Å². The van der Waals surface area contributed by atoms with Crippen LogP contribution in [0, 0.1) is 11.3 Å². The lowest BCUT2D eigenvalue weighted by atomic mass is 10.00. The number of aliphatic hydroxyl groups excluding tert-OH is 3. The quantitative estimate of drug-likeness (QED) is 0.277. The predicted molar refractivity (Wildman–Crippen MR) is 153 cm³/mol. The number of hydrogen-bond acceptors (Lipinski definition) is 7. The highest BCUT2D eigenvalue weighted by Gasteiger charge is 2.37. The average Bonchev–Trinajstić information content (AvgIpc) is 3.36. The highest BCUT2D eigenvalue weighted by molar-refractivity contribution is 6.04. The van der Waals surface area contributed by atoms with Gasteiger partial charge in [-0.2, -0.15) is 5.26 Å². The van der Waals surface area contributed by atoms with Gasteiger partial charge in [0.05, 0.1) is 6.61 Å². The van der Waals surface area contributed by atoms with Crippen LogP contribution in [-0.2, 0) is 16.6 Å². The predicted octanol–water partition coefficient (Wildman–Crippen LogP) is 2.73. The first-order valence-electron chi connectivity index (χ1n) is 13.8. The van der Waals surface area contributed by atoms with Gasteiger partial charge in [-0.15, -0.1) is 0 Å². The second-order valence-corrected chi connectivity index (χ2v) is 10.7. The first-order chi connectivity index (χ1) is 19.3. The van der Waals surface area contributed by atoms with E-state index in [2.05, 4.69) is 46.6 Å². The number of hydrogen-bond donors (Lipinski definition) is 4. The fourth-order valence-corrected chi connectivity index (χ4v) is 5.68. The molecule has 9 nitrogen and oxygen atoms in total. The molecule has 2 fully saturated rings. The van der Waals surface area contributed by atoms with E-state index < -0.39 is 30.3 Å². The fourth-order valence-electron chi connectivity index (χ4n) is 5.68. The molecule has 0 saturated carbocycles. The van der Waals surface area contributed by atoms with Crippen molar-refractivity contribution >= 4 is 27.9 Å². The highest BCUT2D eigenvalue weighted by atomic mass is 16.5. The Balaban J connectivity index is 1.34. The van der Waals surface area contributed by atoms with Gasteiger partial charge in [0.1, 0.15) is 36.1 Å². The maximum absolute atomic E-state index is 12.9. The molecule has 0 bridgehead atoms. The Morgan fingerprint density at radius 3 is 2.50 bits per heavy atom. The van der Waals surface area contributed by atoms with E-state index in [-0.39, 0.29) is 18.7 Å². The van der Waals surface area contributed by atoms with E-state index in [1.165, 1.54) is 30.3 Å². The zero-order chi connectivity index (χ0) is 28.4. The molecule has 210 valence electrons. The lowest BCUT2D eigenvalue weighted by Gasteiger charge is -2.35. The van der Waals surface area contributed by atoms with Crippen LogP contribution in [0.3, 0.4) is 0 Å². The number of carbonyl (C=O) groups excluding carboxylic acids is 1. The second-order valence-electron chi connectivity index (χ2n) is 10.7. The van der Waals surface area contributed by atoms with E-state index in [4.69, 9.17) is 4.74 Å².